The Morgan fingerprint density at radius 3 is 2.83 bits per heavy atom. The van der Waals surface area contributed by atoms with Crippen molar-refractivity contribution in [3.05, 3.63) is 35.9 Å². The minimum Gasteiger partial charge on any atom is -0.302 e. The van der Waals surface area contributed by atoms with E-state index in [-0.39, 0.29) is 5.92 Å². The lowest BCUT2D eigenvalue weighted by Crippen LogP contribution is -2.35. The fourth-order valence-electron chi connectivity index (χ4n) is 2.67. The highest BCUT2D eigenvalue weighted by atomic mass is 15.1. The molecule has 0 N–H and O–H groups in total. The number of benzene rings is 1. The van der Waals surface area contributed by atoms with Crippen molar-refractivity contribution in [3.63, 3.8) is 0 Å². The molecule has 1 heterocycles. The van der Waals surface area contributed by atoms with E-state index in [1.54, 1.807) is 0 Å². The van der Waals surface area contributed by atoms with Crippen molar-refractivity contribution in [1.29, 1.82) is 5.26 Å². The first-order chi connectivity index (χ1) is 8.88. The molecule has 1 unspecified atom stereocenters. The molecule has 0 spiro atoms. The maximum absolute atomic E-state index is 8.95. The molecule has 2 nitrogen and oxygen atoms in total. The molecule has 1 aliphatic heterocycles. The summed E-state index contributed by atoms with van der Waals surface area (Å²) < 4.78 is 0. The zero-order chi connectivity index (χ0) is 12.6. The topological polar surface area (TPSA) is 27.0 Å². The monoisotopic (exact) mass is 242 g/mol. The number of nitrogens with zero attached hydrogens (tertiary/aromatic N) is 2. The lowest BCUT2D eigenvalue weighted by atomic mass is 9.99. The van der Waals surface area contributed by atoms with E-state index in [2.05, 4.69) is 41.3 Å². The Balaban J connectivity index is 1.62. The molecule has 0 radical (unpaired) electrons. The van der Waals surface area contributed by atoms with Crippen LogP contribution in [0.15, 0.2) is 30.3 Å². The van der Waals surface area contributed by atoms with Crippen molar-refractivity contribution in [1.82, 2.24) is 4.90 Å². The normalized spacial score (nSPS) is 20.5. The smallest absolute Gasteiger partial charge is 0.0669 e. The van der Waals surface area contributed by atoms with Crippen LogP contribution in [-0.4, -0.2) is 24.5 Å². The predicted octanol–water partition coefficient (Wildman–Crippen LogP) is 3.24. The molecule has 0 saturated carbocycles. The van der Waals surface area contributed by atoms with Gasteiger partial charge in [-0.25, -0.2) is 0 Å². The molecule has 0 amide bonds. The molecule has 1 fully saturated rings. The van der Waals surface area contributed by atoms with Crippen molar-refractivity contribution < 1.29 is 0 Å². The molecule has 1 atom stereocenters. The van der Waals surface area contributed by atoms with E-state index in [1.165, 1.54) is 37.8 Å². The van der Waals surface area contributed by atoms with Gasteiger partial charge in [0, 0.05) is 6.54 Å². The van der Waals surface area contributed by atoms with Crippen LogP contribution in [0.4, 0.5) is 0 Å². The van der Waals surface area contributed by atoms with Crippen LogP contribution in [0.3, 0.4) is 0 Å². The van der Waals surface area contributed by atoms with Crippen LogP contribution in [0.25, 0.3) is 0 Å². The van der Waals surface area contributed by atoms with Gasteiger partial charge in [-0.15, -0.1) is 0 Å². The van der Waals surface area contributed by atoms with Gasteiger partial charge in [-0.05, 0) is 50.8 Å². The molecule has 18 heavy (non-hydrogen) atoms. The lowest BCUT2D eigenvalue weighted by Gasteiger charge is -2.29. The lowest BCUT2D eigenvalue weighted by molar-refractivity contribution is 0.196. The van der Waals surface area contributed by atoms with E-state index in [4.69, 9.17) is 5.26 Å². The second-order valence-corrected chi connectivity index (χ2v) is 5.21. The van der Waals surface area contributed by atoms with Gasteiger partial charge in [-0.1, -0.05) is 30.3 Å². The highest BCUT2D eigenvalue weighted by Crippen LogP contribution is 2.16. The standard InChI is InChI=1S/C16H22N2/c17-13-16-10-6-12-18(14-16)11-5-4-9-15-7-2-1-3-8-15/h1-3,7-8,16H,4-6,9-12,14H2. The minimum atomic E-state index is 0.271. The fraction of sp³-hybridized carbons (Fsp3) is 0.562. The van der Waals surface area contributed by atoms with Crippen LogP contribution < -0.4 is 0 Å². The maximum atomic E-state index is 8.95. The average Bonchev–Trinajstić information content (AvgIpc) is 2.45. The number of rotatable bonds is 5. The van der Waals surface area contributed by atoms with Crippen molar-refractivity contribution in [2.45, 2.75) is 32.1 Å². The van der Waals surface area contributed by atoms with E-state index < -0.39 is 0 Å². The van der Waals surface area contributed by atoms with E-state index in [0.29, 0.717) is 0 Å². The number of aryl methyl sites for hydroxylation is 1. The number of piperidine rings is 1. The summed E-state index contributed by atoms with van der Waals surface area (Å²) in [6.45, 7) is 3.33. The van der Waals surface area contributed by atoms with Gasteiger partial charge in [0.2, 0.25) is 0 Å². The van der Waals surface area contributed by atoms with Gasteiger partial charge in [-0.3, -0.25) is 0 Å². The minimum absolute atomic E-state index is 0.271. The van der Waals surface area contributed by atoms with Crippen LogP contribution in [-0.2, 0) is 6.42 Å². The Morgan fingerprint density at radius 1 is 1.22 bits per heavy atom. The first-order valence-corrected chi connectivity index (χ1v) is 7.04. The third-order valence-corrected chi connectivity index (χ3v) is 3.72. The van der Waals surface area contributed by atoms with Gasteiger partial charge in [0.05, 0.1) is 12.0 Å². The Morgan fingerprint density at radius 2 is 2.06 bits per heavy atom. The number of hydrogen-bond acceptors (Lipinski definition) is 2. The summed E-state index contributed by atoms with van der Waals surface area (Å²) in [5.41, 5.74) is 1.44. The SMILES string of the molecule is N#CC1CCCN(CCCCc2ccccc2)C1. The Kier molecular flexibility index (Phi) is 5.23. The summed E-state index contributed by atoms with van der Waals surface area (Å²) in [5.74, 6) is 0.271. The van der Waals surface area contributed by atoms with Gasteiger partial charge < -0.3 is 4.90 Å². The Labute approximate surface area is 110 Å². The number of likely N-dealkylation sites (tertiary alicyclic amines) is 1. The second kappa shape index (κ2) is 7.18. The van der Waals surface area contributed by atoms with Crippen molar-refractivity contribution in [2.75, 3.05) is 19.6 Å². The summed E-state index contributed by atoms with van der Waals surface area (Å²) in [7, 11) is 0. The van der Waals surface area contributed by atoms with Crippen molar-refractivity contribution >= 4 is 0 Å². The van der Waals surface area contributed by atoms with E-state index >= 15 is 0 Å². The summed E-state index contributed by atoms with van der Waals surface area (Å²) in [6, 6.07) is 13.1. The van der Waals surface area contributed by atoms with Crippen LogP contribution >= 0.6 is 0 Å². The van der Waals surface area contributed by atoms with Crippen LogP contribution in [0.1, 0.15) is 31.2 Å². The largest absolute Gasteiger partial charge is 0.302 e. The third-order valence-electron chi connectivity index (χ3n) is 3.72. The zero-order valence-corrected chi connectivity index (χ0v) is 11.0. The quantitative estimate of drug-likeness (QED) is 0.741. The molecule has 1 saturated heterocycles. The van der Waals surface area contributed by atoms with Gasteiger partial charge in [0.15, 0.2) is 0 Å². The maximum Gasteiger partial charge on any atom is 0.0669 e. The van der Waals surface area contributed by atoms with E-state index in [1.807, 2.05) is 0 Å². The Hall–Kier alpha value is -1.33. The van der Waals surface area contributed by atoms with Gasteiger partial charge in [0.1, 0.15) is 0 Å². The number of hydrogen-bond donors (Lipinski definition) is 0. The van der Waals surface area contributed by atoms with E-state index in [0.717, 1.165) is 19.5 Å². The molecule has 2 rings (SSSR count). The third kappa shape index (κ3) is 4.16. The first kappa shape index (κ1) is 13.1. The van der Waals surface area contributed by atoms with Gasteiger partial charge >= 0.3 is 0 Å². The van der Waals surface area contributed by atoms with Crippen LogP contribution in [0.5, 0.6) is 0 Å². The highest BCUT2D eigenvalue weighted by Gasteiger charge is 2.18. The average molecular weight is 242 g/mol. The first-order valence-electron chi connectivity index (χ1n) is 7.04. The summed E-state index contributed by atoms with van der Waals surface area (Å²) >= 11 is 0. The number of nitriles is 1. The summed E-state index contributed by atoms with van der Waals surface area (Å²) in [4.78, 5) is 2.46. The molecular weight excluding hydrogens is 220 g/mol. The molecule has 0 aromatic heterocycles. The van der Waals surface area contributed by atoms with Gasteiger partial charge in [0.25, 0.3) is 0 Å². The molecule has 2 heteroatoms. The highest BCUT2D eigenvalue weighted by molar-refractivity contribution is 5.14. The van der Waals surface area contributed by atoms with Crippen molar-refractivity contribution in [2.24, 2.45) is 5.92 Å². The Bertz CT molecular complexity index is 380. The molecule has 1 aromatic carbocycles. The fourth-order valence-corrected chi connectivity index (χ4v) is 2.67. The van der Waals surface area contributed by atoms with E-state index in [9.17, 15) is 0 Å². The zero-order valence-electron chi connectivity index (χ0n) is 11.0. The molecule has 1 aromatic rings. The molecule has 0 bridgehead atoms. The van der Waals surface area contributed by atoms with Crippen LogP contribution in [0, 0.1) is 17.2 Å². The van der Waals surface area contributed by atoms with Gasteiger partial charge in [-0.2, -0.15) is 5.26 Å². The predicted molar refractivity (Wildman–Crippen MR) is 74.2 cm³/mol. The summed E-state index contributed by atoms with van der Waals surface area (Å²) in [5, 5.41) is 8.95. The molecule has 0 aliphatic carbocycles. The second-order valence-electron chi connectivity index (χ2n) is 5.21. The summed E-state index contributed by atoms with van der Waals surface area (Å²) in [6.07, 6.45) is 5.95. The van der Waals surface area contributed by atoms with Crippen molar-refractivity contribution in [3.8, 4) is 6.07 Å². The molecule has 1 aliphatic rings. The molecule has 96 valence electrons. The molecular formula is C16H22N2. The number of unbranched alkanes of at least 4 members (excludes halogenated alkanes) is 1. The van der Waals surface area contributed by atoms with Crippen LogP contribution in [0.2, 0.25) is 0 Å².